The Balaban J connectivity index is 1.70. The zero-order valence-electron chi connectivity index (χ0n) is 13.8. The Morgan fingerprint density at radius 2 is 1.96 bits per heavy atom. The zero-order chi connectivity index (χ0) is 17.4. The maximum atomic E-state index is 13.6. The van der Waals surface area contributed by atoms with Gasteiger partial charge in [0.15, 0.2) is 5.65 Å². The van der Waals surface area contributed by atoms with Crippen molar-refractivity contribution in [3.05, 3.63) is 43.1 Å². The minimum absolute atomic E-state index is 0.139. The van der Waals surface area contributed by atoms with Crippen LogP contribution < -0.4 is 5.32 Å². The summed E-state index contributed by atoms with van der Waals surface area (Å²) < 4.78 is 15.3. The summed E-state index contributed by atoms with van der Waals surface area (Å²) in [5, 5.41) is 7.27. The van der Waals surface area contributed by atoms with Gasteiger partial charge >= 0.3 is 0 Å². The maximum absolute atomic E-state index is 13.6. The molecule has 0 aromatic carbocycles. The van der Waals surface area contributed by atoms with E-state index in [9.17, 15) is 4.39 Å². The monoisotopic (exact) mass is 337 g/mol. The quantitative estimate of drug-likeness (QED) is 0.617. The molecule has 126 valence electrons. The third kappa shape index (κ3) is 3.10. The number of nitrogens with one attached hydrogen (secondary N) is 1. The van der Waals surface area contributed by atoms with Crippen molar-refractivity contribution in [2.24, 2.45) is 0 Å². The molecular formula is C17H16FN7. The molecule has 0 aliphatic heterocycles. The molecule has 1 N–H and O–H groups in total. The number of alkyl halides is 1. The molecule has 0 atom stereocenters. The van der Waals surface area contributed by atoms with Crippen LogP contribution in [-0.2, 0) is 0 Å². The summed E-state index contributed by atoms with van der Waals surface area (Å²) in [6, 6.07) is 3.87. The van der Waals surface area contributed by atoms with Crippen LogP contribution in [0.2, 0.25) is 0 Å². The number of rotatable bonds is 4. The van der Waals surface area contributed by atoms with E-state index < -0.39 is 5.67 Å². The molecule has 7 nitrogen and oxygen atoms in total. The maximum Gasteiger partial charge on any atom is 0.241 e. The minimum atomic E-state index is -1.34. The highest BCUT2D eigenvalue weighted by Gasteiger charge is 2.16. The van der Waals surface area contributed by atoms with Crippen LogP contribution in [0.1, 0.15) is 13.8 Å². The van der Waals surface area contributed by atoms with Gasteiger partial charge in [0.05, 0.1) is 18.3 Å². The van der Waals surface area contributed by atoms with Gasteiger partial charge in [0.2, 0.25) is 5.95 Å². The SMILES string of the molecule is CC(C)(F)CNc1ncc2c(-c3cnc4nccnc4c3)ccn2n1. The Morgan fingerprint density at radius 1 is 1.12 bits per heavy atom. The Labute approximate surface area is 143 Å². The van der Waals surface area contributed by atoms with Gasteiger partial charge < -0.3 is 5.32 Å². The molecule has 0 spiro atoms. The van der Waals surface area contributed by atoms with E-state index in [1.807, 2.05) is 18.3 Å². The minimum Gasteiger partial charge on any atom is -0.350 e. The summed E-state index contributed by atoms with van der Waals surface area (Å²) in [6.07, 6.45) is 8.54. The molecule has 0 amide bonds. The first-order valence-electron chi connectivity index (χ1n) is 7.84. The molecule has 0 bridgehead atoms. The number of hydrogen-bond donors (Lipinski definition) is 1. The summed E-state index contributed by atoms with van der Waals surface area (Å²) >= 11 is 0. The van der Waals surface area contributed by atoms with Crippen molar-refractivity contribution in [1.82, 2.24) is 29.5 Å². The van der Waals surface area contributed by atoms with E-state index in [1.54, 1.807) is 29.3 Å². The first-order valence-corrected chi connectivity index (χ1v) is 7.84. The fourth-order valence-corrected chi connectivity index (χ4v) is 2.52. The van der Waals surface area contributed by atoms with Crippen LogP contribution in [0.15, 0.2) is 43.1 Å². The number of fused-ring (bicyclic) bond motifs is 2. The molecule has 0 radical (unpaired) electrons. The van der Waals surface area contributed by atoms with Crippen molar-refractivity contribution in [1.29, 1.82) is 0 Å². The predicted molar refractivity (Wildman–Crippen MR) is 93.0 cm³/mol. The van der Waals surface area contributed by atoms with Crippen molar-refractivity contribution in [2.75, 3.05) is 11.9 Å². The molecular weight excluding hydrogens is 321 g/mol. The average molecular weight is 337 g/mol. The summed E-state index contributed by atoms with van der Waals surface area (Å²) in [7, 11) is 0. The Bertz CT molecular complexity index is 1050. The smallest absolute Gasteiger partial charge is 0.241 e. The lowest BCUT2D eigenvalue weighted by atomic mass is 10.1. The van der Waals surface area contributed by atoms with Crippen LogP contribution in [0, 0.1) is 0 Å². The van der Waals surface area contributed by atoms with E-state index in [4.69, 9.17) is 0 Å². The Kier molecular flexibility index (Phi) is 3.52. The van der Waals surface area contributed by atoms with E-state index in [-0.39, 0.29) is 6.54 Å². The topological polar surface area (TPSA) is 80.9 Å². The number of nitrogens with zero attached hydrogens (tertiary/aromatic N) is 6. The van der Waals surface area contributed by atoms with Crippen LogP contribution in [-0.4, -0.2) is 41.8 Å². The van der Waals surface area contributed by atoms with Gasteiger partial charge in [-0.15, -0.1) is 5.10 Å². The molecule has 0 saturated carbocycles. The highest BCUT2D eigenvalue weighted by atomic mass is 19.1. The van der Waals surface area contributed by atoms with Gasteiger partial charge in [-0.25, -0.2) is 23.9 Å². The molecule has 0 fully saturated rings. The average Bonchev–Trinajstić information content (AvgIpc) is 3.02. The molecule has 4 heterocycles. The lowest BCUT2D eigenvalue weighted by Gasteiger charge is -2.14. The second kappa shape index (κ2) is 5.73. The third-order valence-corrected chi connectivity index (χ3v) is 3.72. The fraction of sp³-hybridized carbons (Fsp3) is 0.235. The highest BCUT2D eigenvalue weighted by Crippen LogP contribution is 2.26. The van der Waals surface area contributed by atoms with Crippen molar-refractivity contribution in [3.63, 3.8) is 0 Å². The van der Waals surface area contributed by atoms with Crippen LogP contribution in [0.5, 0.6) is 0 Å². The first kappa shape index (κ1) is 15.4. The van der Waals surface area contributed by atoms with E-state index in [0.717, 1.165) is 22.2 Å². The molecule has 0 aliphatic rings. The lowest BCUT2D eigenvalue weighted by molar-refractivity contribution is 0.234. The lowest BCUT2D eigenvalue weighted by Crippen LogP contribution is -2.25. The van der Waals surface area contributed by atoms with Crippen LogP contribution in [0.3, 0.4) is 0 Å². The Morgan fingerprint density at radius 3 is 2.80 bits per heavy atom. The van der Waals surface area contributed by atoms with Crippen LogP contribution >= 0.6 is 0 Å². The zero-order valence-corrected chi connectivity index (χ0v) is 13.8. The van der Waals surface area contributed by atoms with E-state index in [1.165, 1.54) is 13.8 Å². The third-order valence-electron chi connectivity index (χ3n) is 3.72. The van der Waals surface area contributed by atoms with E-state index >= 15 is 0 Å². The molecule has 0 aliphatic carbocycles. The van der Waals surface area contributed by atoms with Crippen molar-refractivity contribution < 1.29 is 4.39 Å². The van der Waals surface area contributed by atoms with Crippen molar-refractivity contribution >= 4 is 22.6 Å². The normalized spacial score (nSPS) is 12.0. The van der Waals surface area contributed by atoms with Gasteiger partial charge in [-0.1, -0.05) is 0 Å². The highest BCUT2D eigenvalue weighted by molar-refractivity contribution is 5.84. The van der Waals surface area contributed by atoms with Crippen molar-refractivity contribution in [2.45, 2.75) is 19.5 Å². The van der Waals surface area contributed by atoms with Gasteiger partial charge in [0.25, 0.3) is 0 Å². The second-order valence-corrected chi connectivity index (χ2v) is 6.34. The van der Waals surface area contributed by atoms with Gasteiger partial charge in [-0.3, -0.25) is 4.98 Å². The number of pyridine rings is 1. The second-order valence-electron chi connectivity index (χ2n) is 6.34. The fourth-order valence-electron chi connectivity index (χ4n) is 2.52. The van der Waals surface area contributed by atoms with Gasteiger partial charge in [-0.2, -0.15) is 0 Å². The standard InChI is InChI=1S/C17H16FN7/c1-17(2,18)10-23-16-22-9-14-12(3-6-25(14)24-16)11-7-13-15(21-8-11)20-5-4-19-13/h3-9H,10H2,1-2H3,(H,23,24). The van der Waals surface area contributed by atoms with Crippen LogP contribution in [0.4, 0.5) is 10.3 Å². The molecule has 0 saturated heterocycles. The van der Waals surface area contributed by atoms with Gasteiger partial charge in [0, 0.05) is 35.9 Å². The predicted octanol–water partition coefficient (Wildman–Crippen LogP) is 2.89. The molecule has 0 unspecified atom stereocenters. The largest absolute Gasteiger partial charge is 0.350 e. The van der Waals surface area contributed by atoms with Gasteiger partial charge in [-0.05, 0) is 26.0 Å². The molecule has 4 aromatic rings. The van der Waals surface area contributed by atoms with Gasteiger partial charge in [0.1, 0.15) is 11.2 Å². The first-order chi connectivity index (χ1) is 12.0. The number of hydrogen-bond acceptors (Lipinski definition) is 6. The molecule has 4 rings (SSSR count). The van der Waals surface area contributed by atoms with Crippen molar-refractivity contribution in [3.8, 4) is 11.1 Å². The number of anilines is 1. The van der Waals surface area contributed by atoms with E-state index in [2.05, 4.69) is 30.4 Å². The van der Waals surface area contributed by atoms with Crippen LogP contribution in [0.25, 0.3) is 27.8 Å². The summed E-state index contributed by atoms with van der Waals surface area (Å²) in [4.78, 5) is 17.1. The summed E-state index contributed by atoms with van der Waals surface area (Å²) in [5.41, 5.74) is 2.67. The Hall–Kier alpha value is -3.16. The molecule has 4 aromatic heterocycles. The number of aromatic nitrogens is 6. The van der Waals surface area contributed by atoms with E-state index in [0.29, 0.717) is 11.6 Å². The number of halogens is 1. The molecule has 8 heteroatoms. The summed E-state index contributed by atoms with van der Waals surface area (Å²) in [5.74, 6) is 0.378. The summed E-state index contributed by atoms with van der Waals surface area (Å²) in [6.45, 7) is 3.14. The molecule has 25 heavy (non-hydrogen) atoms.